The summed E-state index contributed by atoms with van der Waals surface area (Å²) >= 11 is 0. The molecule has 1 N–H and O–H groups in total. The predicted molar refractivity (Wildman–Crippen MR) is 94.7 cm³/mol. The Morgan fingerprint density at radius 1 is 1.17 bits per heavy atom. The standard InChI is InChI=1S/C18H25N5/c1-14-11-23(12-15-7-5-4-6-8-15)13-16(14)20-18-19-10-9-17(21-18)22(2)3/h4-10,14,16H,11-13H2,1-3H3,(H,19,20,21). The molecule has 0 bridgehead atoms. The zero-order valence-corrected chi connectivity index (χ0v) is 14.1. The number of benzene rings is 1. The van der Waals surface area contributed by atoms with E-state index in [-0.39, 0.29) is 0 Å². The first-order valence-corrected chi connectivity index (χ1v) is 8.15. The molecule has 1 aromatic carbocycles. The average Bonchev–Trinajstić information content (AvgIpc) is 2.88. The number of nitrogens with zero attached hydrogens (tertiary/aromatic N) is 4. The summed E-state index contributed by atoms with van der Waals surface area (Å²) in [5.41, 5.74) is 1.37. The molecule has 5 nitrogen and oxygen atoms in total. The molecule has 0 spiro atoms. The Morgan fingerprint density at radius 3 is 2.70 bits per heavy atom. The van der Waals surface area contributed by atoms with E-state index >= 15 is 0 Å². The molecular formula is C18H25N5. The number of aromatic nitrogens is 2. The molecule has 0 saturated carbocycles. The van der Waals surface area contributed by atoms with Gasteiger partial charge in [0, 0.05) is 46.0 Å². The van der Waals surface area contributed by atoms with E-state index in [1.54, 1.807) is 0 Å². The third kappa shape index (κ3) is 3.99. The van der Waals surface area contributed by atoms with Crippen molar-refractivity contribution in [1.82, 2.24) is 14.9 Å². The summed E-state index contributed by atoms with van der Waals surface area (Å²) in [6.45, 7) is 5.41. The first kappa shape index (κ1) is 15.7. The lowest BCUT2D eigenvalue weighted by Gasteiger charge is -2.18. The highest BCUT2D eigenvalue weighted by Crippen LogP contribution is 2.22. The molecule has 1 aliphatic rings. The average molecular weight is 311 g/mol. The Kier molecular flexibility index (Phi) is 4.76. The number of likely N-dealkylation sites (tertiary alicyclic amines) is 1. The van der Waals surface area contributed by atoms with Crippen LogP contribution in [-0.2, 0) is 6.54 Å². The van der Waals surface area contributed by atoms with Crippen molar-refractivity contribution in [2.45, 2.75) is 19.5 Å². The van der Waals surface area contributed by atoms with Crippen molar-refractivity contribution < 1.29 is 0 Å². The molecule has 2 atom stereocenters. The molecule has 2 unspecified atom stereocenters. The second-order valence-corrected chi connectivity index (χ2v) is 6.54. The first-order chi connectivity index (χ1) is 11.1. The first-order valence-electron chi connectivity index (χ1n) is 8.15. The molecule has 122 valence electrons. The highest BCUT2D eigenvalue weighted by Gasteiger charge is 2.29. The van der Waals surface area contributed by atoms with E-state index in [1.807, 2.05) is 31.3 Å². The zero-order valence-electron chi connectivity index (χ0n) is 14.1. The maximum Gasteiger partial charge on any atom is 0.224 e. The summed E-state index contributed by atoms with van der Waals surface area (Å²) in [5, 5.41) is 3.51. The van der Waals surface area contributed by atoms with Gasteiger partial charge in [-0.2, -0.15) is 4.98 Å². The second-order valence-electron chi connectivity index (χ2n) is 6.54. The Balaban J connectivity index is 1.62. The molecule has 3 rings (SSSR count). The van der Waals surface area contributed by atoms with Gasteiger partial charge in [-0.25, -0.2) is 4.98 Å². The van der Waals surface area contributed by atoms with Gasteiger partial charge in [0.15, 0.2) is 0 Å². The number of hydrogen-bond acceptors (Lipinski definition) is 5. The van der Waals surface area contributed by atoms with Gasteiger partial charge in [0.25, 0.3) is 0 Å². The van der Waals surface area contributed by atoms with Crippen LogP contribution in [0.5, 0.6) is 0 Å². The molecule has 23 heavy (non-hydrogen) atoms. The van der Waals surface area contributed by atoms with E-state index < -0.39 is 0 Å². The molecule has 1 fully saturated rings. The lowest BCUT2D eigenvalue weighted by atomic mass is 10.1. The van der Waals surface area contributed by atoms with Crippen LogP contribution < -0.4 is 10.2 Å². The van der Waals surface area contributed by atoms with E-state index in [4.69, 9.17) is 0 Å². The Hall–Kier alpha value is -2.14. The third-order valence-corrected chi connectivity index (χ3v) is 4.35. The molecule has 0 amide bonds. The maximum absolute atomic E-state index is 4.56. The zero-order chi connectivity index (χ0) is 16.2. The van der Waals surface area contributed by atoms with E-state index in [0.717, 1.165) is 31.4 Å². The van der Waals surface area contributed by atoms with Crippen LogP contribution in [-0.4, -0.2) is 48.1 Å². The monoisotopic (exact) mass is 311 g/mol. The number of hydrogen-bond donors (Lipinski definition) is 1. The van der Waals surface area contributed by atoms with Gasteiger partial charge in [0.1, 0.15) is 5.82 Å². The quantitative estimate of drug-likeness (QED) is 0.919. The molecular weight excluding hydrogens is 286 g/mol. The predicted octanol–water partition coefficient (Wildman–Crippen LogP) is 2.48. The van der Waals surface area contributed by atoms with Crippen molar-refractivity contribution in [2.75, 3.05) is 37.4 Å². The molecule has 1 aromatic heterocycles. The van der Waals surface area contributed by atoms with Gasteiger partial charge in [-0.3, -0.25) is 4.90 Å². The minimum absolute atomic E-state index is 0.385. The van der Waals surface area contributed by atoms with Crippen LogP contribution in [0.1, 0.15) is 12.5 Å². The van der Waals surface area contributed by atoms with Crippen LogP contribution in [0.4, 0.5) is 11.8 Å². The number of nitrogens with one attached hydrogen (secondary N) is 1. The third-order valence-electron chi connectivity index (χ3n) is 4.35. The van der Waals surface area contributed by atoms with E-state index in [0.29, 0.717) is 12.0 Å². The van der Waals surface area contributed by atoms with Crippen molar-refractivity contribution in [3.8, 4) is 0 Å². The Morgan fingerprint density at radius 2 is 1.96 bits per heavy atom. The second kappa shape index (κ2) is 6.96. The largest absolute Gasteiger partial charge is 0.363 e. The molecule has 0 radical (unpaired) electrons. The van der Waals surface area contributed by atoms with Crippen LogP contribution in [0.3, 0.4) is 0 Å². The van der Waals surface area contributed by atoms with Crippen LogP contribution >= 0.6 is 0 Å². The molecule has 1 saturated heterocycles. The minimum Gasteiger partial charge on any atom is -0.363 e. The van der Waals surface area contributed by atoms with Crippen molar-refractivity contribution >= 4 is 11.8 Å². The summed E-state index contributed by atoms with van der Waals surface area (Å²) in [6.07, 6.45) is 1.81. The van der Waals surface area contributed by atoms with Crippen LogP contribution in [0, 0.1) is 5.92 Å². The van der Waals surface area contributed by atoms with E-state index in [1.165, 1.54) is 5.56 Å². The van der Waals surface area contributed by atoms with Crippen molar-refractivity contribution in [2.24, 2.45) is 5.92 Å². The van der Waals surface area contributed by atoms with Gasteiger partial charge in [0.2, 0.25) is 5.95 Å². The number of rotatable bonds is 5. The Bertz CT molecular complexity index is 628. The van der Waals surface area contributed by atoms with Gasteiger partial charge in [-0.1, -0.05) is 37.3 Å². The van der Waals surface area contributed by atoms with Crippen molar-refractivity contribution in [1.29, 1.82) is 0 Å². The lowest BCUT2D eigenvalue weighted by molar-refractivity contribution is 0.319. The SMILES string of the molecule is CC1CN(Cc2ccccc2)CC1Nc1nccc(N(C)C)n1. The van der Waals surface area contributed by atoms with Gasteiger partial charge in [0.05, 0.1) is 0 Å². The van der Waals surface area contributed by atoms with Crippen LogP contribution in [0.15, 0.2) is 42.6 Å². The highest BCUT2D eigenvalue weighted by molar-refractivity contribution is 5.41. The summed E-state index contributed by atoms with van der Waals surface area (Å²) in [7, 11) is 3.98. The fourth-order valence-corrected chi connectivity index (χ4v) is 3.06. The number of anilines is 2. The van der Waals surface area contributed by atoms with Gasteiger partial charge < -0.3 is 10.2 Å². The van der Waals surface area contributed by atoms with Gasteiger partial charge in [-0.15, -0.1) is 0 Å². The Labute approximate surface area is 138 Å². The lowest BCUT2D eigenvalue weighted by Crippen LogP contribution is -2.29. The smallest absolute Gasteiger partial charge is 0.224 e. The topological polar surface area (TPSA) is 44.3 Å². The van der Waals surface area contributed by atoms with Crippen molar-refractivity contribution in [3.63, 3.8) is 0 Å². The minimum atomic E-state index is 0.385. The van der Waals surface area contributed by atoms with Crippen LogP contribution in [0.25, 0.3) is 0 Å². The van der Waals surface area contributed by atoms with Crippen LogP contribution in [0.2, 0.25) is 0 Å². The molecule has 2 heterocycles. The van der Waals surface area contributed by atoms with Crippen molar-refractivity contribution in [3.05, 3.63) is 48.2 Å². The molecule has 2 aromatic rings. The molecule has 0 aliphatic carbocycles. The fourth-order valence-electron chi connectivity index (χ4n) is 3.06. The normalized spacial score (nSPS) is 21.3. The highest BCUT2D eigenvalue weighted by atomic mass is 15.2. The summed E-state index contributed by atoms with van der Waals surface area (Å²) in [4.78, 5) is 13.4. The van der Waals surface area contributed by atoms with E-state index in [2.05, 4.69) is 57.4 Å². The molecule has 5 heteroatoms. The van der Waals surface area contributed by atoms with Gasteiger partial charge in [-0.05, 0) is 17.5 Å². The fraction of sp³-hybridized carbons (Fsp3) is 0.444. The summed E-state index contributed by atoms with van der Waals surface area (Å²) in [5.74, 6) is 2.22. The maximum atomic E-state index is 4.56. The van der Waals surface area contributed by atoms with E-state index in [9.17, 15) is 0 Å². The van der Waals surface area contributed by atoms with Gasteiger partial charge >= 0.3 is 0 Å². The summed E-state index contributed by atoms with van der Waals surface area (Å²) in [6, 6.07) is 13.0. The molecule has 1 aliphatic heterocycles. The summed E-state index contributed by atoms with van der Waals surface area (Å²) < 4.78 is 0.